The van der Waals surface area contributed by atoms with Crippen LogP contribution in [0.15, 0.2) is 83.6 Å². The van der Waals surface area contributed by atoms with Crippen molar-refractivity contribution in [2.75, 3.05) is 6.79 Å². The summed E-state index contributed by atoms with van der Waals surface area (Å²) in [6.07, 6.45) is 2.86. The molecule has 0 fully saturated rings. The molecule has 0 unspecified atom stereocenters. The number of ether oxygens (including phenoxy) is 2. The first-order valence-electron chi connectivity index (χ1n) is 10.1. The second kappa shape index (κ2) is 10.1. The average molecular weight is 457 g/mol. The van der Waals surface area contributed by atoms with Crippen molar-refractivity contribution in [2.24, 2.45) is 5.10 Å². The van der Waals surface area contributed by atoms with Gasteiger partial charge in [0.05, 0.1) is 11.8 Å². The van der Waals surface area contributed by atoms with Gasteiger partial charge in [0.2, 0.25) is 6.79 Å². The summed E-state index contributed by atoms with van der Waals surface area (Å²) in [5, 5.41) is 15.5. The number of carbonyl (C=O) groups excluding carboxylic acids is 2. The number of fused-ring (bicyclic) bond motifs is 1. The molecule has 0 aromatic heterocycles. The van der Waals surface area contributed by atoms with E-state index in [0.717, 1.165) is 0 Å². The fraction of sp³-hybridized carbons (Fsp3) is 0.0400. The van der Waals surface area contributed by atoms with E-state index in [0.29, 0.717) is 28.2 Å². The highest BCUT2D eigenvalue weighted by molar-refractivity contribution is 6.05. The van der Waals surface area contributed by atoms with Crippen molar-refractivity contribution < 1.29 is 29.0 Å². The summed E-state index contributed by atoms with van der Waals surface area (Å²) in [5.41, 5.74) is 4.05. The number of nitrogens with zero attached hydrogens (tertiary/aromatic N) is 1. The molecule has 3 N–H and O–H groups in total. The fourth-order valence-electron chi connectivity index (χ4n) is 3.05. The molecule has 0 atom stereocenters. The van der Waals surface area contributed by atoms with Gasteiger partial charge in [-0.3, -0.25) is 9.59 Å². The molecule has 9 nitrogen and oxygen atoms in total. The van der Waals surface area contributed by atoms with Gasteiger partial charge in [0, 0.05) is 5.56 Å². The van der Waals surface area contributed by atoms with E-state index in [1.54, 1.807) is 60.7 Å². The Morgan fingerprint density at radius 2 is 1.56 bits per heavy atom. The molecule has 9 heteroatoms. The molecule has 0 radical (unpaired) electrons. The minimum absolute atomic E-state index is 0.0360. The summed E-state index contributed by atoms with van der Waals surface area (Å²) in [7, 11) is 0. The Kier molecular flexibility index (Phi) is 6.64. The molecule has 0 saturated carbocycles. The minimum Gasteiger partial charge on any atom is -0.478 e. The monoisotopic (exact) mass is 457 g/mol. The van der Waals surface area contributed by atoms with Gasteiger partial charge >= 0.3 is 5.97 Å². The van der Waals surface area contributed by atoms with Crippen LogP contribution in [0, 0.1) is 0 Å². The predicted octanol–water partition coefficient (Wildman–Crippen LogP) is 3.03. The van der Waals surface area contributed by atoms with Crippen LogP contribution in [0.3, 0.4) is 0 Å². The fourth-order valence-corrected chi connectivity index (χ4v) is 3.05. The van der Waals surface area contributed by atoms with Crippen molar-refractivity contribution in [3.05, 3.63) is 101 Å². The zero-order valence-corrected chi connectivity index (χ0v) is 17.7. The number of amides is 2. The first-order chi connectivity index (χ1) is 16.5. The van der Waals surface area contributed by atoms with Crippen LogP contribution in [0.5, 0.6) is 11.5 Å². The lowest BCUT2D eigenvalue weighted by Crippen LogP contribution is -2.32. The number of nitrogens with one attached hydrogen (secondary N) is 2. The molecular weight excluding hydrogens is 438 g/mol. The molecular formula is C25H19N3O6. The third kappa shape index (κ3) is 5.46. The standard InChI is InChI=1S/C25H19N3O6/c29-23(18-4-2-1-3-5-18)27-20(12-17-8-11-21-22(13-17)34-15-33-21)24(30)28-26-14-16-6-9-19(10-7-16)25(31)32/h1-14H,15H2,(H,27,29)(H,28,30)(H,31,32)/b20-12+,26-14+. The molecule has 0 spiro atoms. The topological polar surface area (TPSA) is 126 Å². The van der Waals surface area contributed by atoms with E-state index in [2.05, 4.69) is 15.8 Å². The van der Waals surface area contributed by atoms with Crippen molar-refractivity contribution in [1.82, 2.24) is 10.7 Å². The number of hydrogen-bond donors (Lipinski definition) is 3. The largest absolute Gasteiger partial charge is 0.478 e. The normalized spacial score (nSPS) is 12.4. The maximum absolute atomic E-state index is 12.8. The van der Waals surface area contributed by atoms with Crippen molar-refractivity contribution in [1.29, 1.82) is 0 Å². The molecule has 3 aromatic rings. The van der Waals surface area contributed by atoms with Gasteiger partial charge in [-0.05, 0) is 53.6 Å². The molecule has 4 rings (SSSR count). The van der Waals surface area contributed by atoms with Crippen LogP contribution < -0.4 is 20.2 Å². The third-order valence-corrected chi connectivity index (χ3v) is 4.77. The smallest absolute Gasteiger partial charge is 0.335 e. The van der Waals surface area contributed by atoms with E-state index in [-0.39, 0.29) is 18.1 Å². The van der Waals surface area contributed by atoms with E-state index < -0.39 is 17.8 Å². The second-order valence-electron chi connectivity index (χ2n) is 7.12. The molecule has 0 bridgehead atoms. The SMILES string of the molecule is O=C(N/N=C/c1ccc(C(=O)O)cc1)/C(=C\c1ccc2c(c1)OCO2)NC(=O)c1ccccc1. The first kappa shape index (κ1) is 22.3. The van der Waals surface area contributed by atoms with Gasteiger partial charge in [0.1, 0.15) is 5.70 Å². The summed E-state index contributed by atoms with van der Waals surface area (Å²) in [5.74, 6) is -1.03. The van der Waals surface area contributed by atoms with Gasteiger partial charge in [-0.2, -0.15) is 5.10 Å². The Labute approximate surface area is 194 Å². The Balaban J connectivity index is 1.53. The Hall–Kier alpha value is -4.92. The molecule has 170 valence electrons. The number of hydrogen-bond acceptors (Lipinski definition) is 6. The summed E-state index contributed by atoms with van der Waals surface area (Å²) < 4.78 is 10.7. The van der Waals surface area contributed by atoms with Crippen molar-refractivity contribution >= 4 is 30.1 Å². The van der Waals surface area contributed by atoms with E-state index in [1.165, 1.54) is 24.4 Å². The molecule has 0 aliphatic carbocycles. The van der Waals surface area contributed by atoms with Crippen LogP contribution >= 0.6 is 0 Å². The summed E-state index contributed by atoms with van der Waals surface area (Å²) in [6, 6.07) is 19.6. The maximum atomic E-state index is 12.8. The molecule has 1 heterocycles. The van der Waals surface area contributed by atoms with Gasteiger partial charge in [0.25, 0.3) is 11.8 Å². The Bertz CT molecular complexity index is 1280. The van der Waals surface area contributed by atoms with Crippen LogP contribution in [0.2, 0.25) is 0 Å². The van der Waals surface area contributed by atoms with Gasteiger partial charge in [-0.1, -0.05) is 36.4 Å². The van der Waals surface area contributed by atoms with Crippen LogP contribution in [-0.4, -0.2) is 35.9 Å². The number of aromatic carboxylic acids is 1. The molecule has 1 aliphatic rings. The second-order valence-corrected chi connectivity index (χ2v) is 7.12. The highest BCUT2D eigenvalue weighted by Crippen LogP contribution is 2.33. The number of benzene rings is 3. The van der Waals surface area contributed by atoms with Crippen LogP contribution in [0.25, 0.3) is 6.08 Å². The minimum atomic E-state index is -1.04. The molecule has 34 heavy (non-hydrogen) atoms. The third-order valence-electron chi connectivity index (χ3n) is 4.77. The maximum Gasteiger partial charge on any atom is 0.335 e. The molecule has 1 aliphatic heterocycles. The zero-order valence-electron chi connectivity index (χ0n) is 17.7. The van der Waals surface area contributed by atoms with E-state index >= 15 is 0 Å². The molecule has 3 aromatic carbocycles. The van der Waals surface area contributed by atoms with Gasteiger partial charge in [0.15, 0.2) is 11.5 Å². The highest BCUT2D eigenvalue weighted by Gasteiger charge is 2.16. The van der Waals surface area contributed by atoms with Crippen molar-refractivity contribution in [2.45, 2.75) is 0 Å². The first-order valence-corrected chi connectivity index (χ1v) is 10.1. The van der Waals surface area contributed by atoms with Crippen LogP contribution in [0.4, 0.5) is 0 Å². The number of carbonyl (C=O) groups is 3. The molecule has 2 amide bonds. The van der Waals surface area contributed by atoms with Gasteiger partial charge < -0.3 is 19.9 Å². The summed E-state index contributed by atoms with van der Waals surface area (Å²) >= 11 is 0. The number of rotatable bonds is 7. The lowest BCUT2D eigenvalue weighted by atomic mass is 10.1. The summed E-state index contributed by atoms with van der Waals surface area (Å²) in [4.78, 5) is 36.4. The van der Waals surface area contributed by atoms with Crippen molar-refractivity contribution in [3.8, 4) is 11.5 Å². The Morgan fingerprint density at radius 1 is 0.853 bits per heavy atom. The lowest BCUT2D eigenvalue weighted by Gasteiger charge is -2.09. The highest BCUT2D eigenvalue weighted by atomic mass is 16.7. The predicted molar refractivity (Wildman–Crippen MR) is 124 cm³/mol. The van der Waals surface area contributed by atoms with Crippen LogP contribution in [0.1, 0.15) is 31.8 Å². The molecule has 0 saturated heterocycles. The number of hydrazone groups is 1. The number of carboxylic acid groups (broad SMARTS) is 1. The lowest BCUT2D eigenvalue weighted by molar-refractivity contribution is -0.117. The van der Waals surface area contributed by atoms with Gasteiger partial charge in [-0.25, -0.2) is 10.2 Å². The summed E-state index contributed by atoms with van der Waals surface area (Å²) in [6.45, 7) is 0.114. The van der Waals surface area contributed by atoms with Crippen molar-refractivity contribution in [3.63, 3.8) is 0 Å². The van der Waals surface area contributed by atoms with E-state index in [9.17, 15) is 14.4 Å². The quantitative estimate of drug-likeness (QED) is 0.284. The average Bonchev–Trinajstić information content (AvgIpc) is 3.32. The van der Waals surface area contributed by atoms with E-state index in [4.69, 9.17) is 14.6 Å². The van der Waals surface area contributed by atoms with Gasteiger partial charge in [-0.15, -0.1) is 0 Å². The Morgan fingerprint density at radius 3 is 2.29 bits per heavy atom. The number of carboxylic acids is 1. The zero-order chi connectivity index (χ0) is 23.9. The van der Waals surface area contributed by atoms with E-state index in [1.807, 2.05) is 0 Å². The van der Waals surface area contributed by atoms with Crippen LogP contribution in [-0.2, 0) is 4.79 Å².